The van der Waals surface area contributed by atoms with E-state index in [0.29, 0.717) is 17.9 Å². The van der Waals surface area contributed by atoms with Gasteiger partial charge in [0.15, 0.2) is 11.5 Å². The van der Waals surface area contributed by atoms with Crippen molar-refractivity contribution in [2.24, 2.45) is 0 Å². The van der Waals surface area contributed by atoms with Crippen molar-refractivity contribution in [1.29, 1.82) is 0 Å². The van der Waals surface area contributed by atoms with Crippen LogP contribution in [-0.2, 0) is 11.2 Å². The van der Waals surface area contributed by atoms with E-state index in [4.69, 9.17) is 14.6 Å². The van der Waals surface area contributed by atoms with E-state index in [1.165, 1.54) is 14.2 Å². The van der Waals surface area contributed by atoms with Gasteiger partial charge in [-0.05, 0) is 18.1 Å². The van der Waals surface area contributed by atoms with Crippen LogP contribution >= 0.6 is 12.6 Å². The van der Waals surface area contributed by atoms with Crippen LogP contribution in [0.3, 0.4) is 0 Å². The zero-order valence-corrected chi connectivity index (χ0v) is 10.0. The molecule has 1 rings (SSSR count). The number of aliphatic carboxylic acids is 1. The lowest BCUT2D eigenvalue weighted by molar-refractivity contribution is -0.136. The van der Waals surface area contributed by atoms with Crippen LogP contribution in [0, 0.1) is 0 Å². The molecule has 0 aliphatic rings. The maximum Gasteiger partial charge on any atom is 0.316 e. The van der Waals surface area contributed by atoms with E-state index in [9.17, 15) is 4.79 Å². The molecule has 0 aromatic heterocycles. The Hall–Kier alpha value is -1.36. The number of ether oxygens (including phenoxy) is 2. The molecule has 0 saturated carbocycles. The standard InChI is InChI=1S/C11H14O4S/c1-14-8-5-3-4-7(10(8)15-2)6-9(16)11(12)13/h3-5,9,16H,6H2,1-2H3,(H,12,13). The molecule has 0 heterocycles. The molecule has 0 saturated heterocycles. The molecule has 0 bridgehead atoms. The first-order valence-corrected chi connectivity index (χ1v) is 5.22. The summed E-state index contributed by atoms with van der Waals surface area (Å²) in [5, 5.41) is 8.04. The fraction of sp³-hybridized carbons (Fsp3) is 0.364. The Bertz CT molecular complexity index is 378. The van der Waals surface area contributed by atoms with Gasteiger partial charge >= 0.3 is 5.97 Å². The maximum absolute atomic E-state index is 10.7. The van der Waals surface area contributed by atoms with Crippen LogP contribution in [0.5, 0.6) is 11.5 Å². The van der Waals surface area contributed by atoms with E-state index in [-0.39, 0.29) is 0 Å². The fourth-order valence-electron chi connectivity index (χ4n) is 1.41. The minimum Gasteiger partial charge on any atom is -0.493 e. The SMILES string of the molecule is COc1cccc(CC(S)C(=O)O)c1OC. The molecular formula is C11H14O4S. The van der Waals surface area contributed by atoms with Crippen molar-refractivity contribution in [3.63, 3.8) is 0 Å². The van der Waals surface area contributed by atoms with Gasteiger partial charge in [-0.3, -0.25) is 4.79 Å². The van der Waals surface area contributed by atoms with Crippen LogP contribution in [0.4, 0.5) is 0 Å². The van der Waals surface area contributed by atoms with Gasteiger partial charge in [-0.2, -0.15) is 12.6 Å². The minimum atomic E-state index is -0.951. The number of thiol groups is 1. The number of carbonyl (C=O) groups is 1. The molecule has 1 atom stereocenters. The van der Waals surface area contributed by atoms with Gasteiger partial charge in [0.05, 0.1) is 14.2 Å². The predicted molar refractivity (Wildman–Crippen MR) is 63.7 cm³/mol. The van der Waals surface area contributed by atoms with Crippen LogP contribution < -0.4 is 9.47 Å². The van der Waals surface area contributed by atoms with Gasteiger partial charge in [0.25, 0.3) is 0 Å². The average molecular weight is 242 g/mol. The van der Waals surface area contributed by atoms with Crippen molar-refractivity contribution in [1.82, 2.24) is 0 Å². The molecular weight excluding hydrogens is 228 g/mol. The summed E-state index contributed by atoms with van der Waals surface area (Å²) in [6.07, 6.45) is 0.290. The molecule has 1 aromatic rings. The summed E-state index contributed by atoms with van der Waals surface area (Å²) in [6.45, 7) is 0. The van der Waals surface area contributed by atoms with Crippen molar-refractivity contribution >= 4 is 18.6 Å². The van der Waals surface area contributed by atoms with Gasteiger partial charge in [-0.25, -0.2) is 0 Å². The number of methoxy groups -OCH3 is 2. The van der Waals surface area contributed by atoms with E-state index < -0.39 is 11.2 Å². The highest BCUT2D eigenvalue weighted by molar-refractivity contribution is 7.81. The van der Waals surface area contributed by atoms with Crippen molar-refractivity contribution in [2.45, 2.75) is 11.7 Å². The topological polar surface area (TPSA) is 55.8 Å². The van der Waals surface area contributed by atoms with E-state index in [1.54, 1.807) is 18.2 Å². The first-order valence-electron chi connectivity index (χ1n) is 4.71. The van der Waals surface area contributed by atoms with Gasteiger partial charge in [0, 0.05) is 0 Å². The van der Waals surface area contributed by atoms with Crippen molar-refractivity contribution in [3.8, 4) is 11.5 Å². The molecule has 1 unspecified atom stereocenters. The summed E-state index contributed by atoms with van der Waals surface area (Å²) in [4.78, 5) is 10.7. The van der Waals surface area contributed by atoms with Gasteiger partial charge in [-0.1, -0.05) is 12.1 Å². The third-order valence-corrected chi connectivity index (χ3v) is 2.59. The summed E-state index contributed by atoms with van der Waals surface area (Å²) in [7, 11) is 3.06. The molecule has 0 spiro atoms. The van der Waals surface area contributed by atoms with Crippen molar-refractivity contribution in [3.05, 3.63) is 23.8 Å². The summed E-state index contributed by atoms with van der Waals surface area (Å²) in [6, 6.07) is 5.35. The lowest BCUT2D eigenvalue weighted by atomic mass is 10.1. The van der Waals surface area contributed by atoms with Crippen LogP contribution in [0.2, 0.25) is 0 Å². The molecule has 0 amide bonds. The fourth-order valence-corrected chi connectivity index (χ4v) is 1.61. The third kappa shape index (κ3) is 2.82. The van der Waals surface area contributed by atoms with E-state index in [0.717, 1.165) is 5.56 Å². The zero-order valence-electron chi connectivity index (χ0n) is 9.14. The molecule has 88 valence electrons. The molecule has 0 aliphatic carbocycles. The zero-order chi connectivity index (χ0) is 12.1. The quantitative estimate of drug-likeness (QED) is 0.771. The van der Waals surface area contributed by atoms with E-state index in [1.807, 2.05) is 0 Å². The summed E-state index contributed by atoms with van der Waals surface area (Å²) >= 11 is 3.99. The van der Waals surface area contributed by atoms with Gasteiger partial charge in [0.1, 0.15) is 5.25 Å². The van der Waals surface area contributed by atoms with Crippen LogP contribution in [-0.4, -0.2) is 30.5 Å². The molecule has 4 nitrogen and oxygen atoms in total. The monoisotopic (exact) mass is 242 g/mol. The first kappa shape index (κ1) is 12.7. The Morgan fingerprint density at radius 2 is 2.12 bits per heavy atom. The van der Waals surface area contributed by atoms with Crippen LogP contribution in [0.15, 0.2) is 18.2 Å². The second-order valence-corrected chi connectivity index (χ2v) is 3.83. The molecule has 0 radical (unpaired) electrons. The molecule has 1 N–H and O–H groups in total. The number of carboxylic acids is 1. The first-order chi connectivity index (χ1) is 7.60. The number of hydrogen-bond donors (Lipinski definition) is 2. The number of rotatable bonds is 5. The largest absolute Gasteiger partial charge is 0.493 e. The molecule has 0 aliphatic heterocycles. The number of carboxylic acid groups (broad SMARTS) is 1. The van der Waals surface area contributed by atoms with Crippen LogP contribution in [0.1, 0.15) is 5.56 Å². The smallest absolute Gasteiger partial charge is 0.316 e. The second kappa shape index (κ2) is 5.65. The Morgan fingerprint density at radius 1 is 1.44 bits per heavy atom. The van der Waals surface area contributed by atoms with Crippen molar-refractivity contribution < 1.29 is 19.4 Å². The summed E-state index contributed by atoms with van der Waals surface area (Å²) < 4.78 is 10.3. The lowest BCUT2D eigenvalue weighted by Gasteiger charge is -2.13. The molecule has 0 fully saturated rings. The Morgan fingerprint density at radius 3 is 2.62 bits per heavy atom. The molecule has 5 heteroatoms. The van der Waals surface area contributed by atoms with Crippen LogP contribution in [0.25, 0.3) is 0 Å². The lowest BCUT2D eigenvalue weighted by Crippen LogP contribution is -2.16. The highest BCUT2D eigenvalue weighted by Crippen LogP contribution is 2.31. The predicted octanol–water partition coefficient (Wildman–Crippen LogP) is 1.63. The normalized spacial score (nSPS) is 11.9. The minimum absolute atomic E-state index is 0.290. The summed E-state index contributed by atoms with van der Waals surface area (Å²) in [5.74, 6) is 0.199. The highest BCUT2D eigenvalue weighted by atomic mass is 32.1. The van der Waals surface area contributed by atoms with E-state index in [2.05, 4.69) is 12.6 Å². The summed E-state index contributed by atoms with van der Waals surface area (Å²) in [5.41, 5.74) is 0.768. The van der Waals surface area contributed by atoms with E-state index >= 15 is 0 Å². The Kier molecular flexibility index (Phi) is 4.49. The third-order valence-electron chi connectivity index (χ3n) is 2.18. The number of para-hydroxylation sites is 1. The number of benzene rings is 1. The Balaban J connectivity index is 2.99. The maximum atomic E-state index is 10.7. The van der Waals surface area contributed by atoms with Gasteiger partial charge < -0.3 is 14.6 Å². The molecule has 1 aromatic carbocycles. The van der Waals surface area contributed by atoms with Gasteiger partial charge in [-0.15, -0.1) is 0 Å². The average Bonchev–Trinajstić information content (AvgIpc) is 2.28. The highest BCUT2D eigenvalue weighted by Gasteiger charge is 2.17. The Labute approximate surface area is 99.6 Å². The number of hydrogen-bond acceptors (Lipinski definition) is 4. The van der Waals surface area contributed by atoms with Gasteiger partial charge in [0.2, 0.25) is 0 Å². The van der Waals surface area contributed by atoms with Crippen molar-refractivity contribution in [2.75, 3.05) is 14.2 Å². The second-order valence-electron chi connectivity index (χ2n) is 3.21. The molecule has 16 heavy (non-hydrogen) atoms.